The van der Waals surface area contributed by atoms with Crippen molar-refractivity contribution in [2.45, 2.75) is 43.4 Å². The Kier molecular flexibility index (Phi) is 8.32. The number of carbonyl (C=O) groups is 2. The number of rotatable bonds is 9. The summed E-state index contributed by atoms with van der Waals surface area (Å²) < 4.78 is 0. The first-order valence-electron chi connectivity index (χ1n) is 6.58. The number of likely N-dealkylation sites (N-methyl/N-ethyl adjacent to an activating group) is 1. The van der Waals surface area contributed by atoms with Crippen LogP contribution in [0.15, 0.2) is 0 Å². The number of carbonyl (C=O) groups excluding carboxylic acids is 1. The molecule has 0 radical (unpaired) electrons. The zero-order valence-electron chi connectivity index (χ0n) is 11.2. The second-order valence-electron chi connectivity index (χ2n) is 4.56. The van der Waals surface area contributed by atoms with Crippen LogP contribution >= 0.6 is 21.6 Å². The van der Waals surface area contributed by atoms with Crippen LogP contribution in [0.1, 0.15) is 32.1 Å². The van der Waals surface area contributed by atoms with Crippen LogP contribution in [0.4, 0.5) is 0 Å². The van der Waals surface area contributed by atoms with Crippen molar-refractivity contribution >= 4 is 33.5 Å². The molecule has 5 nitrogen and oxygen atoms in total. The molecule has 0 bridgehead atoms. The molecule has 0 aliphatic carbocycles. The number of unbranched alkanes of at least 4 members (excludes halogenated alkanes) is 1. The van der Waals surface area contributed by atoms with Crippen molar-refractivity contribution in [3.63, 3.8) is 0 Å². The van der Waals surface area contributed by atoms with Crippen LogP contribution in [0.25, 0.3) is 0 Å². The average Bonchev–Trinajstić information content (AvgIpc) is 2.88. The molecule has 1 rings (SSSR count). The van der Waals surface area contributed by atoms with Gasteiger partial charge < -0.3 is 15.7 Å². The van der Waals surface area contributed by atoms with Gasteiger partial charge in [-0.05, 0) is 26.3 Å². The largest absolute Gasteiger partial charge is 0.480 e. The molecule has 110 valence electrons. The Morgan fingerprint density at radius 1 is 1.42 bits per heavy atom. The van der Waals surface area contributed by atoms with E-state index in [9.17, 15) is 9.59 Å². The number of amides is 1. The lowest BCUT2D eigenvalue weighted by Crippen LogP contribution is -2.44. The second-order valence-corrected chi connectivity index (χ2v) is 7.35. The molecule has 1 fully saturated rings. The average molecular weight is 306 g/mol. The van der Waals surface area contributed by atoms with Crippen LogP contribution in [0.2, 0.25) is 0 Å². The van der Waals surface area contributed by atoms with Crippen molar-refractivity contribution in [1.29, 1.82) is 0 Å². The normalized spacial score (nSPS) is 20.2. The van der Waals surface area contributed by atoms with Gasteiger partial charge in [0.15, 0.2) is 0 Å². The summed E-state index contributed by atoms with van der Waals surface area (Å²) in [4.78, 5) is 22.3. The van der Waals surface area contributed by atoms with E-state index in [-0.39, 0.29) is 12.5 Å². The molecule has 0 saturated carbocycles. The van der Waals surface area contributed by atoms with E-state index in [4.69, 9.17) is 5.11 Å². The van der Waals surface area contributed by atoms with Crippen LogP contribution in [0.5, 0.6) is 0 Å². The number of aliphatic carboxylic acids is 1. The number of carboxylic acids is 1. The Morgan fingerprint density at radius 3 is 2.79 bits per heavy atom. The van der Waals surface area contributed by atoms with Gasteiger partial charge in [-0.15, -0.1) is 0 Å². The highest BCUT2D eigenvalue weighted by atomic mass is 33.1. The molecule has 0 aromatic rings. The number of nitrogens with one attached hydrogen (secondary N) is 2. The maximum atomic E-state index is 11.5. The van der Waals surface area contributed by atoms with E-state index in [1.54, 1.807) is 7.05 Å². The second kappa shape index (κ2) is 9.50. The van der Waals surface area contributed by atoms with E-state index in [2.05, 4.69) is 10.6 Å². The Bertz CT molecular complexity index is 297. The number of carboxylic acid groups (broad SMARTS) is 1. The van der Waals surface area contributed by atoms with Gasteiger partial charge in [-0.25, -0.2) is 0 Å². The fourth-order valence-electron chi connectivity index (χ4n) is 1.84. The molecule has 1 heterocycles. The molecule has 0 aromatic heterocycles. The van der Waals surface area contributed by atoms with Gasteiger partial charge in [0.1, 0.15) is 6.04 Å². The summed E-state index contributed by atoms with van der Waals surface area (Å²) in [5.74, 6) is 0.240. The molecule has 1 amide bonds. The summed E-state index contributed by atoms with van der Waals surface area (Å²) in [5.41, 5.74) is 0. The molecule has 7 heteroatoms. The summed E-state index contributed by atoms with van der Waals surface area (Å²) in [5, 5.41) is 14.9. The zero-order chi connectivity index (χ0) is 14.1. The van der Waals surface area contributed by atoms with Crippen molar-refractivity contribution < 1.29 is 14.7 Å². The van der Waals surface area contributed by atoms with Gasteiger partial charge in [0.2, 0.25) is 5.91 Å². The Morgan fingerprint density at radius 2 is 2.21 bits per heavy atom. The fourth-order valence-corrected chi connectivity index (χ4v) is 4.87. The van der Waals surface area contributed by atoms with Crippen LogP contribution in [-0.2, 0) is 9.59 Å². The summed E-state index contributed by atoms with van der Waals surface area (Å²) in [6, 6.07) is -0.712. The third-order valence-corrected chi connectivity index (χ3v) is 6.06. The minimum Gasteiger partial charge on any atom is -0.480 e. The van der Waals surface area contributed by atoms with E-state index in [1.165, 1.54) is 18.6 Å². The van der Waals surface area contributed by atoms with Gasteiger partial charge in [-0.1, -0.05) is 28.0 Å². The molecule has 1 saturated heterocycles. The smallest absolute Gasteiger partial charge is 0.322 e. The first kappa shape index (κ1) is 16.7. The van der Waals surface area contributed by atoms with Crippen LogP contribution in [-0.4, -0.2) is 47.6 Å². The maximum absolute atomic E-state index is 11.5. The predicted molar refractivity (Wildman–Crippen MR) is 80.4 cm³/mol. The van der Waals surface area contributed by atoms with Crippen LogP contribution < -0.4 is 10.6 Å². The molecule has 0 spiro atoms. The van der Waals surface area contributed by atoms with Crippen molar-refractivity contribution in [2.24, 2.45) is 0 Å². The van der Waals surface area contributed by atoms with E-state index in [0.717, 1.165) is 18.1 Å². The van der Waals surface area contributed by atoms with E-state index >= 15 is 0 Å². The summed E-state index contributed by atoms with van der Waals surface area (Å²) in [6.07, 6.45) is 4.90. The topological polar surface area (TPSA) is 78.4 Å². The SMILES string of the molecule is CNC(CNC(=O)CCCCC1CCSS1)C(=O)O. The van der Waals surface area contributed by atoms with E-state index < -0.39 is 12.0 Å². The lowest BCUT2D eigenvalue weighted by molar-refractivity contribution is -0.139. The number of hydrogen-bond acceptors (Lipinski definition) is 5. The molecule has 3 N–H and O–H groups in total. The van der Waals surface area contributed by atoms with Gasteiger partial charge in [0.25, 0.3) is 0 Å². The standard InChI is InChI=1S/C12H22N2O3S2/c1-13-10(12(16)17)8-14-11(15)5-3-2-4-9-6-7-18-19-9/h9-10,13H,2-8H2,1H3,(H,14,15)(H,16,17). The molecule has 1 aliphatic heterocycles. The van der Waals surface area contributed by atoms with Crippen molar-refractivity contribution in [3.05, 3.63) is 0 Å². The van der Waals surface area contributed by atoms with E-state index in [1.807, 2.05) is 21.6 Å². The van der Waals surface area contributed by atoms with Gasteiger partial charge in [-0.3, -0.25) is 9.59 Å². The van der Waals surface area contributed by atoms with Crippen molar-refractivity contribution in [2.75, 3.05) is 19.3 Å². The van der Waals surface area contributed by atoms with Crippen LogP contribution in [0, 0.1) is 0 Å². The fraction of sp³-hybridized carbons (Fsp3) is 0.833. The predicted octanol–water partition coefficient (Wildman–Crippen LogP) is 1.49. The summed E-state index contributed by atoms with van der Waals surface area (Å²) in [7, 11) is 5.47. The Hall–Kier alpha value is -0.400. The quantitative estimate of drug-likeness (QED) is 0.442. The number of hydrogen-bond donors (Lipinski definition) is 3. The van der Waals surface area contributed by atoms with Crippen molar-refractivity contribution in [1.82, 2.24) is 10.6 Å². The molecule has 2 unspecified atom stereocenters. The minimum absolute atomic E-state index is 0.0602. The third kappa shape index (κ3) is 7.08. The zero-order valence-corrected chi connectivity index (χ0v) is 12.8. The monoisotopic (exact) mass is 306 g/mol. The first-order chi connectivity index (χ1) is 9.13. The molecule has 0 aromatic carbocycles. The molecular weight excluding hydrogens is 284 g/mol. The van der Waals surface area contributed by atoms with E-state index in [0.29, 0.717) is 6.42 Å². The van der Waals surface area contributed by atoms with Gasteiger partial charge in [0.05, 0.1) is 0 Å². The highest BCUT2D eigenvalue weighted by molar-refractivity contribution is 8.77. The highest BCUT2D eigenvalue weighted by Crippen LogP contribution is 2.39. The molecule has 2 atom stereocenters. The molecule has 1 aliphatic rings. The first-order valence-corrected chi connectivity index (χ1v) is 8.96. The Balaban J connectivity index is 2.02. The lowest BCUT2D eigenvalue weighted by Gasteiger charge is -2.12. The van der Waals surface area contributed by atoms with Gasteiger partial charge in [-0.2, -0.15) is 0 Å². The van der Waals surface area contributed by atoms with Crippen molar-refractivity contribution in [3.8, 4) is 0 Å². The van der Waals surface area contributed by atoms with Gasteiger partial charge >= 0.3 is 5.97 Å². The maximum Gasteiger partial charge on any atom is 0.322 e. The lowest BCUT2D eigenvalue weighted by atomic mass is 10.1. The Labute approximate surface area is 122 Å². The summed E-state index contributed by atoms with van der Waals surface area (Å²) >= 11 is 0. The summed E-state index contributed by atoms with van der Waals surface area (Å²) in [6.45, 7) is 0.139. The minimum atomic E-state index is -0.946. The molecular formula is C12H22N2O3S2. The molecule has 19 heavy (non-hydrogen) atoms. The van der Waals surface area contributed by atoms with Crippen LogP contribution in [0.3, 0.4) is 0 Å². The van der Waals surface area contributed by atoms with Gasteiger partial charge in [0, 0.05) is 24.0 Å². The third-order valence-electron chi connectivity index (χ3n) is 3.06. The highest BCUT2D eigenvalue weighted by Gasteiger charge is 2.17.